The van der Waals surface area contributed by atoms with E-state index in [0.717, 1.165) is 23.8 Å². The van der Waals surface area contributed by atoms with Crippen LogP contribution in [0.2, 0.25) is 0 Å². The summed E-state index contributed by atoms with van der Waals surface area (Å²) < 4.78 is 2.09. The highest BCUT2D eigenvalue weighted by molar-refractivity contribution is 7.98. The van der Waals surface area contributed by atoms with Gasteiger partial charge in [0.1, 0.15) is 0 Å². The fraction of sp³-hybridized carbons (Fsp3) is 0.357. The number of thioether (sulfide) groups is 1. The van der Waals surface area contributed by atoms with E-state index in [0.29, 0.717) is 6.04 Å². The predicted octanol–water partition coefficient (Wildman–Crippen LogP) is 3.43. The Morgan fingerprint density at radius 3 is 2.78 bits per heavy atom. The van der Waals surface area contributed by atoms with Crippen molar-refractivity contribution in [2.45, 2.75) is 19.4 Å². The Labute approximate surface area is 113 Å². The van der Waals surface area contributed by atoms with Crippen molar-refractivity contribution in [2.75, 3.05) is 17.3 Å². The number of rotatable bonds is 6. The Hall–Kier alpha value is -1.42. The van der Waals surface area contributed by atoms with E-state index < -0.39 is 0 Å². The Kier molecular flexibility index (Phi) is 4.70. The van der Waals surface area contributed by atoms with Gasteiger partial charge < -0.3 is 5.32 Å². The molecule has 2 rings (SSSR count). The van der Waals surface area contributed by atoms with Gasteiger partial charge in [-0.05, 0) is 24.8 Å². The Balaban J connectivity index is 2.18. The second-order valence-corrected chi connectivity index (χ2v) is 5.07. The fourth-order valence-corrected chi connectivity index (χ4v) is 2.57. The molecule has 0 fully saturated rings. The standard InChI is InChI=1S/C14H19N3S/c1-3-12(11-18-2)16-14-15-9-10-17(14)13-7-5-4-6-8-13/h4-10,12H,3,11H2,1-2H3,(H,15,16). The summed E-state index contributed by atoms with van der Waals surface area (Å²) in [7, 11) is 0. The Morgan fingerprint density at radius 1 is 1.33 bits per heavy atom. The van der Waals surface area contributed by atoms with Crippen LogP contribution in [0.25, 0.3) is 5.69 Å². The molecule has 1 aromatic heterocycles. The SMILES string of the molecule is CCC(CSC)Nc1nccn1-c1ccccc1. The Bertz CT molecular complexity index is 467. The minimum Gasteiger partial charge on any atom is -0.352 e. The van der Waals surface area contributed by atoms with Gasteiger partial charge in [-0.1, -0.05) is 25.1 Å². The van der Waals surface area contributed by atoms with Gasteiger partial charge in [0.15, 0.2) is 0 Å². The molecule has 0 aliphatic carbocycles. The number of aromatic nitrogens is 2. The third-order valence-corrected chi connectivity index (χ3v) is 3.60. The number of hydrogen-bond donors (Lipinski definition) is 1. The second-order valence-electron chi connectivity index (χ2n) is 4.16. The zero-order chi connectivity index (χ0) is 12.8. The minimum atomic E-state index is 0.463. The maximum Gasteiger partial charge on any atom is 0.207 e. The lowest BCUT2D eigenvalue weighted by molar-refractivity contribution is 0.759. The topological polar surface area (TPSA) is 29.9 Å². The molecule has 0 spiro atoms. The van der Waals surface area contributed by atoms with E-state index in [9.17, 15) is 0 Å². The van der Waals surface area contributed by atoms with E-state index in [1.807, 2.05) is 42.4 Å². The van der Waals surface area contributed by atoms with E-state index in [-0.39, 0.29) is 0 Å². The van der Waals surface area contributed by atoms with Gasteiger partial charge in [-0.3, -0.25) is 4.57 Å². The lowest BCUT2D eigenvalue weighted by Crippen LogP contribution is -2.23. The molecule has 1 aromatic carbocycles. The normalized spacial score (nSPS) is 12.3. The van der Waals surface area contributed by atoms with Crippen LogP contribution in [0.15, 0.2) is 42.7 Å². The fourth-order valence-electron chi connectivity index (χ4n) is 1.85. The van der Waals surface area contributed by atoms with E-state index >= 15 is 0 Å². The molecule has 0 radical (unpaired) electrons. The van der Waals surface area contributed by atoms with E-state index in [2.05, 4.69) is 40.2 Å². The maximum atomic E-state index is 4.41. The van der Waals surface area contributed by atoms with Gasteiger partial charge in [0.25, 0.3) is 0 Å². The van der Waals surface area contributed by atoms with Crippen molar-refractivity contribution < 1.29 is 0 Å². The molecule has 0 bridgehead atoms. The van der Waals surface area contributed by atoms with E-state index in [4.69, 9.17) is 0 Å². The minimum absolute atomic E-state index is 0.463. The van der Waals surface area contributed by atoms with Crippen LogP contribution in [0.5, 0.6) is 0 Å². The second kappa shape index (κ2) is 6.50. The van der Waals surface area contributed by atoms with Crippen molar-refractivity contribution in [1.29, 1.82) is 0 Å². The smallest absolute Gasteiger partial charge is 0.207 e. The molecule has 3 nitrogen and oxygen atoms in total. The largest absolute Gasteiger partial charge is 0.352 e. The van der Waals surface area contributed by atoms with Crippen molar-refractivity contribution >= 4 is 17.7 Å². The van der Waals surface area contributed by atoms with Gasteiger partial charge in [-0.2, -0.15) is 11.8 Å². The molecule has 0 saturated carbocycles. The molecule has 0 aliphatic rings. The molecular weight excluding hydrogens is 242 g/mol. The van der Waals surface area contributed by atoms with Crippen LogP contribution in [-0.4, -0.2) is 27.6 Å². The van der Waals surface area contributed by atoms with Crippen LogP contribution in [0, 0.1) is 0 Å². The van der Waals surface area contributed by atoms with E-state index in [1.165, 1.54) is 0 Å². The molecule has 1 atom stereocenters. The van der Waals surface area contributed by atoms with Crippen molar-refractivity contribution in [2.24, 2.45) is 0 Å². The quantitative estimate of drug-likeness (QED) is 0.864. The first kappa shape index (κ1) is 13.0. The number of hydrogen-bond acceptors (Lipinski definition) is 3. The number of nitrogens with zero attached hydrogens (tertiary/aromatic N) is 2. The number of benzene rings is 1. The lowest BCUT2D eigenvalue weighted by Gasteiger charge is -2.17. The molecule has 96 valence electrons. The summed E-state index contributed by atoms with van der Waals surface area (Å²) in [6, 6.07) is 10.7. The summed E-state index contributed by atoms with van der Waals surface area (Å²) >= 11 is 1.86. The number of nitrogens with one attached hydrogen (secondary N) is 1. The number of anilines is 1. The number of imidazole rings is 1. The lowest BCUT2D eigenvalue weighted by atomic mass is 10.2. The van der Waals surface area contributed by atoms with Crippen molar-refractivity contribution in [3.8, 4) is 5.69 Å². The summed E-state index contributed by atoms with van der Waals surface area (Å²) in [6.45, 7) is 2.20. The van der Waals surface area contributed by atoms with Crippen LogP contribution in [0.3, 0.4) is 0 Å². The molecule has 0 saturated heterocycles. The van der Waals surface area contributed by atoms with Gasteiger partial charge in [0.2, 0.25) is 5.95 Å². The molecular formula is C14H19N3S. The Morgan fingerprint density at radius 2 is 2.11 bits per heavy atom. The highest BCUT2D eigenvalue weighted by Gasteiger charge is 2.10. The molecule has 0 aliphatic heterocycles. The average molecular weight is 261 g/mol. The first-order valence-electron chi connectivity index (χ1n) is 6.19. The van der Waals surface area contributed by atoms with Crippen LogP contribution in [0.1, 0.15) is 13.3 Å². The monoisotopic (exact) mass is 261 g/mol. The van der Waals surface area contributed by atoms with Crippen LogP contribution < -0.4 is 5.32 Å². The zero-order valence-corrected chi connectivity index (χ0v) is 11.7. The predicted molar refractivity (Wildman–Crippen MR) is 79.6 cm³/mol. The first-order valence-corrected chi connectivity index (χ1v) is 7.58. The summed E-state index contributed by atoms with van der Waals surface area (Å²) in [4.78, 5) is 4.41. The van der Waals surface area contributed by atoms with Crippen molar-refractivity contribution in [3.05, 3.63) is 42.7 Å². The summed E-state index contributed by atoms with van der Waals surface area (Å²) in [5, 5.41) is 3.51. The van der Waals surface area contributed by atoms with Gasteiger partial charge in [-0.25, -0.2) is 4.98 Å². The third kappa shape index (κ3) is 3.07. The van der Waals surface area contributed by atoms with Crippen LogP contribution >= 0.6 is 11.8 Å². The summed E-state index contributed by atoms with van der Waals surface area (Å²) in [5.41, 5.74) is 1.14. The highest BCUT2D eigenvalue weighted by Crippen LogP contribution is 2.16. The van der Waals surface area contributed by atoms with Gasteiger partial charge in [0, 0.05) is 29.9 Å². The first-order chi connectivity index (χ1) is 8.85. The summed E-state index contributed by atoms with van der Waals surface area (Å²) in [6.07, 6.45) is 7.06. The number of para-hydroxylation sites is 1. The third-order valence-electron chi connectivity index (χ3n) is 2.87. The highest BCUT2D eigenvalue weighted by atomic mass is 32.2. The van der Waals surface area contributed by atoms with Gasteiger partial charge in [0.05, 0.1) is 0 Å². The van der Waals surface area contributed by atoms with E-state index in [1.54, 1.807) is 0 Å². The molecule has 1 heterocycles. The molecule has 1 N–H and O–H groups in total. The zero-order valence-electron chi connectivity index (χ0n) is 10.8. The molecule has 2 aromatic rings. The molecule has 1 unspecified atom stereocenters. The van der Waals surface area contributed by atoms with Gasteiger partial charge >= 0.3 is 0 Å². The summed E-state index contributed by atoms with van der Waals surface area (Å²) in [5.74, 6) is 2.01. The average Bonchev–Trinajstić information content (AvgIpc) is 2.87. The molecule has 0 amide bonds. The molecule has 18 heavy (non-hydrogen) atoms. The van der Waals surface area contributed by atoms with Gasteiger partial charge in [-0.15, -0.1) is 0 Å². The van der Waals surface area contributed by atoms with Crippen LogP contribution in [0.4, 0.5) is 5.95 Å². The van der Waals surface area contributed by atoms with Crippen molar-refractivity contribution in [1.82, 2.24) is 9.55 Å². The molecule has 4 heteroatoms. The van der Waals surface area contributed by atoms with Crippen LogP contribution in [-0.2, 0) is 0 Å². The maximum absolute atomic E-state index is 4.41. The van der Waals surface area contributed by atoms with Crippen molar-refractivity contribution in [3.63, 3.8) is 0 Å².